The number of nitrogens with zero attached hydrogens (tertiary/aromatic N) is 2. The topological polar surface area (TPSA) is 65.3 Å². The van der Waals surface area contributed by atoms with E-state index in [4.69, 9.17) is 4.74 Å². The van der Waals surface area contributed by atoms with Crippen molar-refractivity contribution in [1.29, 1.82) is 0 Å². The Morgan fingerprint density at radius 3 is 2.69 bits per heavy atom. The zero-order valence-corrected chi connectivity index (χ0v) is 9.70. The van der Waals surface area contributed by atoms with Crippen molar-refractivity contribution in [3.05, 3.63) is 27.4 Å². The molecule has 0 radical (unpaired) electrons. The number of methoxy groups -OCH3 is 1. The predicted octanol–water partition coefficient (Wildman–Crippen LogP) is 2.83. The van der Waals surface area contributed by atoms with Crippen LogP contribution in [0.4, 0.5) is 14.6 Å². The van der Waals surface area contributed by atoms with Crippen LogP contribution in [0.5, 0.6) is 5.75 Å². The summed E-state index contributed by atoms with van der Waals surface area (Å²) in [6.07, 6.45) is -2.89. The fourth-order valence-electron chi connectivity index (χ4n) is 1.14. The predicted molar refractivity (Wildman–Crippen MR) is 55.0 cm³/mol. The number of pyridine rings is 1. The maximum atomic E-state index is 12.6. The largest absolute Gasteiger partial charge is 0.496 e. The molecule has 0 saturated carbocycles. The molecule has 0 spiro atoms. The summed E-state index contributed by atoms with van der Waals surface area (Å²) in [7, 11) is 1.25. The lowest BCUT2D eigenvalue weighted by atomic mass is 10.2. The van der Waals surface area contributed by atoms with Crippen LogP contribution in [-0.2, 0) is 5.33 Å². The van der Waals surface area contributed by atoms with Gasteiger partial charge in [0, 0.05) is 5.33 Å². The van der Waals surface area contributed by atoms with E-state index < -0.39 is 22.9 Å². The quantitative estimate of drug-likeness (QED) is 0.487. The van der Waals surface area contributed by atoms with Gasteiger partial charge in [-0.05, 0) is 9.91 Å². The van der Waals surface area contributed by atoms with Crippen molar-refractivity contribution in [1.82, 2.24) is 4.98 Å². The molecule has 0 aliphatic rings. The summed E-state index contributed by atoms with van der Waals surface area (Å²) in [5, 5.41) is 10.6. The highest BCUT2D eigenvalue weighted by Gasteiger charge is 2.27. The second-order valence-electron chi connectivity index (χ2n) is 2.74. The zero-order chi connectivity index (χ0) is 12.3. The van der Waals surface area contributed by atoms with Crippen LogP contribution in [0.1, 0.15) is 17.7 Å². The second kappa shape index (κ2) is 5.15. The van der Waals surface area contributed by atoms with Crippen LogP contribution in [0.15, 0.2) is 6.07 Å². The van der Waals surface area contributed by atoms with Gasteiger partial charge in [0.05, 0.1) is 18.7 Å². The minimum Gasteiger partial charge on any atom is -0.496 e. The molecule has 0 aromatic carbocycles. The Hall–Kier alpha value is -1.31. The molecule has 0 aliphatic carbocycles. The molecule has 0 saturated heterocycles. The van der Waals surface area contributed by atoms with E-state index in [0.29, 0.717) is 0 Å². The summed E-state index contributed by atoms with van der Waals surface area (Å²) in [6.45, 7) is 0. The molecule has 1 rings (SSSR count). The number of hydrogen-bond donors (Lipinski definition) is 0. The van der Waals surface area contributed by atoms with Crippen molar-refractivity contribution in [2.75, 3.05) is 7.11 Å². The summed E-state index contributed by atoms with van der Waals surface area (Å²) in [5.74, 6) is -0.634. The number of rotatable bonds is 4. The van der Waals surface area contributed by atoms with Gasteiger partial charge in [-0.3, -0.25) is 0 Å². The normalized spacial score (nSPS) is 10.6. The highest BCUT2D eigenvalue weighted by molar-refractivity contribution is 9.08. The van der Waals surface area contributed by atoms with Crippen molar-refractivity contribution in [3.63, 3.8) is 0 Å². The van der Waals surface area contributed by atoms with Crippen LogP contribution in [-0.4, -0.2) is 17.0 Å². The van der Waals surface area contributed by atoms with Gasteiger partial charge in [-0.25, -0.2) is 8.78 Å². The molecule has 0 atom stereocenters. The van der Waals surface area contributed by atoms with Crippen LogP contribution in [0.3, 0.4) is 0 Å². The first-order chi connectivity index (χ1) is 7.51. The first kappa shape index (κ1) is 12.8. The number of nitro groups is 1. The van der Waals surface area contributed by atoms with Gasteiger partial charge in [-0.1, -0.05) is 15.9 Å². The standard InChI is InChI=1S/C8H7BrF2N2O3/c1-16-5-2-6(13(14)15)12-7(8(10)11)4(5)3-9/h2,8H,3H2,1H3. The van der Waals surface area contributed by atoms with Crippen LogP contribution in [0, 0.1) is 10.1 Å². The Bertz CT molecular complexity index is 415. The molecule has 1 aromatic rings. The monoisotopic (exact) mass is 296 g/mol. The number of ether oxygens (including phenoxy) is 1. The van der Waals surface area contributed by atoms with Gasteiger partial charge in [0.15, 0.2) is 0 Å². The number of aromatic nitrogens is 1. The molecule has 0 unspecified atom stereocenters. The molecule has 8 heteroatoms. The van der Waals surface area contributed by atoms with Crippen LogP contribution in [0.2, 0.25) is 0 Å². The Labute approximate surface area is 97.7 Å². The molecule has 1 heterocycles. The lowest BCUT2D eigenvalue weighted by Gasteiger charge is -2.07. The summed E-state index contributed by atoms with van der Waals surface area (Å²) in [5.41, 5.74) is -0.522. The molecular formula is C8H7BrF2N2O3. The van der Waals surface area contributed by atoms with Gasteiger partial charge in [0.25, 0.3) is 0 Å². The minimum absolute atomic E-state index is 0.0221. The van der Waals surface area contributed by atoms with Crippen LogP contribution >= 0.6 is 15.9 Å². The molecule has 5 nitrogen and oxygen atoms in total. The van der Waals surface area contributed by atoms with Crippen molar-refractivity contribution in [3.8, 4) is 5.75 Å². The van der Waals surface area contributed by atoms with E-state index in [-0.39, 0.29) is 16.6 Å². The van der Waals surface area contributed by atoms with Crippen LogP contribution < -0.4 is 4.74 Å². The van der Waals surface area contributed by atoms with Crippen molar-refractivity contribution < 1.29 is 18.4 Å². The van der Waals surface area contributed by atoms with Gasteiger partial charge in [0.1, 0.15) is 5.75 Å². The third-order valence-electron chi connectivity index (χ3n) is 1.85. The fourth-order valence-corrected chi connectivity index (χ4v) is 1.71. The number of alkyl halides is 3. The van der Waals surface area contributed by atoms with E-state index in [1.54, 1.807) is 0 Å². The van der Waals surface area contributed by atoms with Gasteiger partial charge in [-0.15, -0.1) is 0 Å². The lowest BCUT2D eigenvalue weighted by Crippen LogP contribution is -2.04. The van der Waals surface area contributed by atoms with Gasteiger partial charge < -0.3 is 14.9 Å². The van der Waals surface area contributed by atoms with Crippen molar-refractivity contribution in [2.24, 2.45) is 0 Å². The molecule has 0 amide bonds. The van der Waals surface area contributed by atoms with Crippen LogP contribution in [0.25, 0.3) is 0 Å². The van der Waals surface area contributed by atoms with E-state index in [1.807, 2.05) is 0 Å². The van der Waals surface area contributed by atoms with Gasteiger partial charge in [-0.2, -0.15) is 0 Å². The lowest BCUT2D eigenvalue weighted by molar-refractivity contribution is -0.389. The fraction of sp³-hybridized carbons (Fsp3) is 0.375. The summed E-state index contributed by atoms with van der Waals surface area (Å²) < 4.78 is 30.0. The third kappa shape index (κ3) is 2.43. The van der Waals surface area contributed by atoms with E-state index in [2.05, 4.69) is 20.9 Å². The van der Waals surface area contributed by atoms with Crippen molar-refractivity contribution >= 4 is 21.7 Å². The van der Waals surface area contributed by atoms with E-state index in [1.165, 1.54) is 7.11 Å². The Kier molecular flexibility index (Phi) is 4.11. The maximum Gasteiger partial charge on any atom is 0.367 e. The Morgan fingerprint density at radius 1 is 1.69 bits per heavy atom. The maximum absolute atomic E-state index is 12.6. The highest BCUT2D eigenvalue weighted by atomic mass is 79.9. The van der Waals surface area contributed by atoms with E-state index in [0.717, 1.165) is 6.07 Å². The summed E-state index contributed by atoms with van der Waals surface area (Å²) in [6, 6.07) is 1.02. The zero-order valence-electron chi connectivity index (χ0n) is 8.11. The average molecular weight is 297 g/mol. The second-order valence-corrected chi connectivity index (χ2v) is 3.30. The first-order valence-electron chi connectivity index (χ1n) is 4.07. The Balaban J connectivity index is 3.43. The SMILES string of the molecule is COc1cc([N+](=O)[O-])nc(C(F)F)c1CBr. The summed E-state index contributed by atoms with van der Waals surface area (Å²) >= 11 is 3.01. The first-order valence-corrected chi connectivity index (χ1v) is 5.19. The Morgan fingerprint density at radius 2 is 2.31 bits per heavy atom. The van der Waals surface area contributed by atoms with E-state index >= 15 is 0 Å². The molecule has 88 valence electrons. The smallest absolute Gasteiger partial charge is 0.367 e. The molecule has 16 heavy (non-hydrogen) atoms. The summed E-state index contributed by atoms with van der Waals surface area (Å²) in [4.78, 5) is 12.9. The minimum atomic E-state index is -2.89. The van der Waals surface area contributed by atoms with E-state index in [9.17, 15) is 18.9 Å². The number of hydrogen-bond acceptors (Lipinski definition) is 4. The average Bonchev–Trinajstić information content (AvgIpc) is 2.26. The highest BCUT2D eigenvalue weighted by Crippen LogP contribution is 2.32. The molecule has 0 aliphatic heterocycles. The molecule has 0 fully saturated rings. The van der Waals surface area contributed by atoms with Gasteiger partial charge >= 0.3 is 12.2 Å². The van der Waals surface area contributed by atoms with Gasteiger partial charge in [0.2, 0.25) is 5.69 Å². The molecular weight excluding hydrogens is 290 g/mol. The number of halogens is 3. The molecule has 1 aromatic heterocycles. The molecule has 0 N–H and O–H groups in total. The third-order valence-corrected chi connectivity index (χ3v) is 2.41. The molecule has 0 bridgehead atoms. The van der Waals surface area contributed by atoms with Crippen molar-refractivity contribution in [2.45, 2.75) is 11.8 Å².